The fourth-order valence-corrected chi connectivity index (χ4v) is 8.96. The van der Waals surface area contributed by atoms with E-state index in [0.717, 1.165) is 29.0 Å². The second kappa shape index (κ2) is 23.0. The summed E-state index contributed by atoms with van der Waals surface area (Å²) < 4.78 is 62.1. The highest BCUT2D eigenvalue weighted by atomic mass is 32.2. The molecule has 1 fully saturated rings. The lowest BCUT2D eigenvalue weighted by Gasteiger charge is -2.30. The van der Waals surface area contributed by atoms with Gasteiger partial charge in [0.25, 0.3) is 0 Å². The number of rotatable bonds is 27. The zero-order valence-corrected chi connectivity index (χ0v) is 36.8. The van der Waals surface area contributed by atoms with E-state index in [9.17, 15) is 72.2 Å². The first-order valence-corrected chi connectivity index (χ1v) is 23.8. The molecule has 348 valence electrons. The Morgan fingerprint density at radius 1 is 0.935 bits per heavy atom. The molecule has 3 unspecified atom stereocenters. The van der Waals surface area contributed by atoms with Crippen LogP contribution in [0.15, 0.2) is 12.7 Å². The molecule has 2 aromatic heterocycles. The monoisotopic (exact) mass is 963 g/mol. The van der Waals surface area contributed by atoms with Gasteiger partial charge in [0, 0.05) is 37.1 Å². The molecule has 27 nitrogen and oxygen atoms in total. The van der Waals surface area contributed by atoms with Crippen LogP contribution in [0.25, 0.3) is 11.2 Å². The number of aliphatic hydroxyl groups excluding tert-OH is 2. The van der Waals surface area contributed by atoms with Gasteiger partial charge in [0.1, 0.15) is 53.6 Å². The number of ether oxygens (including phenoxy) is 1. The van der Waals surface area contributed by atoms with Gasteiger partial charge in [-0.1, -0.05) is 32.5 Å². The van der Waals surface area contributed by atoms with Gasteiger partial charge in [0.2, 0.25) is 11.8 Å². The molecule has 0 bridgehead atoms. The highest BCUT2D eigenvalue weighted by molar-refractivity contribution is 8.13. The van der Waals surface area contributed by atoms with Crippen LogP contribution in [0.5, 0.6) is 0 Å². The maximum absolute atomic E-state index is 12.7. The number of fused-ring (bicyclic) bond motifs is 1. The number of carbonyl (C=O) groups is 6. The number of aliphatic hydroxyl groups is 2. The lowest BCUT2D eigenvalue weighted by molar-refractivity contribution is -0.137. The van der Waals surface area contributed by atoms with Crippen LogP contribution >= 0.6 is 35.2 Å². The summed E-state index contributed by atoms with van der Waals surface area (Å²) >= 11 is 0.749. The van der Waals surface area contributed by atoms with E-state index in [1.165, 1.54) is 13.8 Å². The summed E-state index contributed by atoms with van der Waals surface area (Å²) in [5.41, 5.74) is 4.17. The third kappa shape index (κ3) is 16.9. The van der Waals surface area contributed by atoms with Crippen molar-refractivity contribution >= 4 is 86.5 Å². The minimum atomic E-state index is -5.61. The number of carbonyl (C=O) groups excluding carboxylic acids is 6. The topological polar surface area (TPSA) is 415 Å². The average molecular weight is 964 g/mol. The molecule has 10 N–H and O–H groups in total. The minimum absolute atomic E-state index is 0.00373. The van der Waals surface area contributed by atoms with Gasteiger partial charge in [-0.15, -0.1) is 0 Å². The molecular formula is C31H48N7O20P3S. The van der Waals surface area contributed by atoms with Gasteiger partial charge in [-0.05, 0) is 6.42 Å². The maximum Gasteiger partial charge on any atom is 0.481 e. The summed E-state index contributed by atoms with van der Waals surface area (Å²) in [5.74, 6) is -3.04. The van der Waals surface area contributed by atoms with Gasteiger partial charge in [-0.3, -0.25) is 46.9 Å². The number of ketones is 3. The second-order valence-corrected chi connectivity index (χ2v) is 19.6. The van der Waals surface area contributed by atoms with Gasteiger partial charge in [-0.25, -0.2) is 28.6 Å². The van der Waals surface area contributed by atoms with Gasteiger partial charge in [-0.2, -0.15) is 4.31 Å². The first kappa shape index (κ1) is 52.9. The van der Waals surface area contributed by atoms with E-state index in [1.54, 1.807) is 6.92 Å². The molecule has 3 rings (SSSR count). The largest absolute Gasteiger partial charge is 0.481 e. The average Bonchev–Trinajstić information content (AvgIpc) is 3.71. The predicted molar refractivity (Wildman–Crippen MR) is 211 cm³/mol. The van der Waals surface area contributed by atoms with Gasteiger partial charge < -0.3 is 50.9 Å². The number of phosphoric acid groups is 3. The molecule has 0 radical (unpaired) electrons. The fraction of sp³-hybridized carbons (Fsp3) is 0.645. The Morgan fingerprint density at radius 2 is 1.58 bits per heavy atom. The normalized spacial score (nSPS) is 20.5. The number of hydrogen-bond donors (Lipinski definition) is 9. The zero-order chi connectivity index (χ0) is 46.6. The van der Waals surface area contributed by atoms with Gasteiger partial charge >= 0.3 is 23.5 Å². The zero-order valence-electron chi connectivity index (χ0n) is 33.3. The van der Waals surface area contributed by atoms with E-state index >= 15 is 0 Å². The third-order valence-electron chi connectivity index (χ3n) is 8.42. The molecule has 31 heteroatoms. The molecule has 7 atom stereocenters. The molecule has 62 heavy (non-hydrogen) atoms. The first-order valence-electron chi connectivity index (χ1n) is 18.3. The van der Waals surface area contributed by atoms with E-state index in [2.05, 4.69) is 34.4 Å². The van der Waals surface area contributed by atoms with Gasteiger partial charge in [0.05, 0.1) is 38.8 Å². The van der Waals surface area contributed by atoms with Crippen molar-refractivity contribution in [1.29, 1.82) is 0 Å². The van der Waals surface area contributed by atoms with Crippen LogP contribution in [0.4, 0.5) is 5.82 Å². The molecule has 1 aliphatic rings. The van der Waals surface area contributed by atoms with E-state index in [4.69, 9.17) is 19.5 Å². The van der Waals surface area contributed by atoms with Crippen molar-refractivity contribution in [3.05, 3.63) is 12.7 Å². The van der Waals surface area contributed by atoms with Crippen LogP contribution < -0.4 is 16.4 Å². The number of hydrogen-bond acceptors (Lipinski definition) is 21. The van der Waals surface area contributed by atoms with Crippen LogP contribution in [0, 0.1) is 5.41 Å². The predicted octanol–water partition coefficient (Wildman–Crippen LogP) is -0.658. The molecule has 0 spiro atoms. The lowest BCUT2D eigenvalue weighted by Crippen LogP contribution is -2.46. The highest BCUT2D eigenvalue weighted by Gasteiger charge is 2.50. The van der Waals surface area contributed by atoms with Crippen molar-refractivity contribution in [2.24, 2.45) is 5.41 Å². The third-order valence-corrected chi connectivity index (χ3v) is 12.4. The second-order valence-electron chi connectivity index (χ2n) is 14.2. The molecule has 3 heterocycles. The maximum atomic E-state index is 12.7. The number of nitrogen functional groups attached to an aromatic ring is 1. The molecule has 0 saturated carbocycles. The van der Waals surface area contributed by atoms with Crippen LogP contribution in [0.2, 0.25) is 0 Å². The summed E-state index contributed by atoms with van der Waals surface area (Å²) in [6.07, 6.45) is -7.82. The van der Waals surface area contributed by atoms with Crippen LogP contribution in [0.1, 0.15) is 65.5 Å². The van der Waals surface area contributed by atoms with Crippen molar-refractivity contribution in [3.63, 3.8) is 0 Å². The summed E-state index contributed by atoms with van der Waals surface area (Å²) in [7, 11) is -16.5. The highest BCUT2D eigenvalue weighted by Crippen LogP contribution is 2.61. The number of phosphoric ester groups is 3. The SMILES string of the molecule is CCCC(=O)CC(=O)CC(=O)CC(=O)SCCNC(=O)CCNC(=O)C(O)C(C)(C)COP(=O)(O)OP(=O)(O)OC[C@H]1O[C@@H](n2cnc3c(N)ncnc32)[C@H](O)[C@@H]1OP(=O)(O)O. The van der Waals surface area contributed by atoms with E-state index in [-0.39, 0.29) is 60.9 Å². The van der Waals surface area contributed by atoms with E-state index in [0.29, 0.717) is 6.42 Å². The van der Waals surface area contributed by atoms with Crippen LogP contribution in [0.3, 0.4) is 0 Å². The number of nitrogens with one attached hydrogen (secondary N) is 2. The Bertz CT molecular complexity index is 2100. The number of aromatic nitrogens is 4. The summed E-state index contributed by atoms with van der Waals surface area (Å²) in [5, 5.41) is 25.7. The molecule has 1 saturated heterocycles. The molecule has 1 aliphatic heterocycles. The van der Waals surface area contributed by atoms with Crippen LogP contribution in [-0.4, -0.2) is 140 Å². The Kier molecular flexibility index (Phi) is 19.6. The number of amides is 2. The minimum Gasteiger partial charge on any atom is -0.386 e. The number of thioether (sulfide) groups is 1. The summed E-state index contributed by atoms with van der Waals surface area (Å²) in [6, 6.07) is 0. The standard InChI is InChI=1S/C31H48N7O20P3S/c1-4-5-17(39)10-18(40)11-19(41)12-22(43)62-9-8-33-21(42)6-7-34-29(46)26(45)31(2,3)14-55-61(52,53)58-60(50,51)54-13-20-25(57-59(47,48)49)24(44)30(56-20)38-16-37-23-27(32)35-15-36-28(23)38/h15-16,20,24-26,30,44-45H,4-14H2,1-3H3,(H,33,42)(H,34,46)(H,50,51)(H,52,53)(H2,32,35,36)(H2,47,48,49)/t20-,24-,25-,26?,30-/m1/s1. The molecular weight excluding hydrogens is 915 g/mol. The van der Waals surface area contributed by atoms with Crippen molar-refractivity contribution < 1.29 is 94.9 Å². The Labute approximate surface area is 356 Å². The van der Waals surface area contributed by atoms with Crippen molar-refractivity contribution in [3.8, 4) is 0 Å². The molecule has 0 aromatic carbocycles. The summed E-state index contributed by atoms with van der Waals surface area (Å²) in [4.78, 5) is 123. The molecule has 2 aromatic rings. The van der Waals surface area contributed by atoms with Crippen molar-refractivity contribution in [2.75, 3.05) is 37.8 Å². The Balaban J connectivity index is 1.42. The quantitative estimate of drug-likeness (QED) is 0.0305. The van der Waals surface area contributed by atoms with Crippen molar-refractivity contribution in [1.82, 2.24) is 30.2 Å². The molecule has 2 amide bonds. The number of nitrogens with two attached hydrogens (primary N) is 1. The number of anilines is 1. The van der Waals surface area contributed by atoms with Crippen molar-refractivity contribution in [2.45, 2.75) is 89.9 Å². The van der Waals surface area contributed by atoms with Crippen LogP contribution in [-0.2, 0) is 65.1 Å². The Hall–Kier alpha value is -3.43. The molecule has 0 aliphatic carbocycles. The number of Topliss-reactive ketones (excluding diaryl/α,β-unsaturated/α-hetero) is 3. The Morgan fingerprint density at radius 3 is 2.24 bits per heavy atom. The fourth-order valence-electron chi connectivity index (χ4n) is 5.44. The number of nitrogens with zero attached hydrogens (tertiary/aromatic N) is 4. The lowest BCUT2D eigenvalue weighted by atomic mass is 9.87. The first-order chi connectivity index (χ1) is 28.7. The smallest absolute Gasteiger partial charge is 0.386 e. The summed E-state index contributed by atoms with van der Waals surface area (Å²) in [6.45, 7) is 1.82. The number of imidazole rings is 1. The van der Waals surface area contributed by atoms with E-state index in [1.807, 2.05) is 0 Å². The van der Waals surface area contributed by atoms with Gasteiger partial charge in [0.15, 0.2) is 22.8 Å². The van der Waals surface area contributed by atoms with E-state index < -0.39 is 114 Å².